The first-order valence-electron chi connectivity index (χ1n) is 11.9. The molecule has 0 atom stereocenters. The van der Waals surface area contributed by atoms with Gasteiger partial charge in [-0.1, -0.05) is 117 Å². The Bertz CT molecular complexity index is 1650. The molecule has 4 aromatic carbocycles. The SMILES string of the molecule is Brc1ccc(C2=NC(=Nc3[nH]c(-c4ccc(Br)cc4)cc3-c3ccccc3)C(c3ccccc3)=C2)cc1. The van der Waals surface area contributed by atoms with Crippen LogP contribution in [-0.2, 0) is 0 Å². The minimum atomic E-state index is 0.686. The standard InChI is InChI=1S/C32H21Br2N3/c33-25-15-11-23(12-16-25)29-19-27(21-7-3-1-4-8-21)31(35-29)37-32-28(22-9-5-2-6-10-22)20-30(36-32)24-13-17-26(34)18-14-24/h1-20,35H. The molecule has 1 N–H and O–H groups in total. The molecule has 1 aromatic heterocycles. The second-order valence-corrected chi connectivity index (χ2v) is 10.5. The van der Waals surface area contributed by atoms with Crippen molar-refractivity contribution in [3.63, 3.8) is 0 Å². The number of H-pyrrole nitrogens is 1. The molecule has 0 bridgehead atoms. The molecule has 3 nitrogen and oxygen atoms in total. The van der Waals surface area contributed by atoms with Crippen molar-refractivity contribution in [1.82, 2.24) is 4.98 Å². The molecule has 0 saturated carbocycles. The van der Waals surface area contributed by atoms with Gasteiger partial charge in [0.05, 0.1) is 5.71 Å². The van der Waals surface area contributed by atoms with Gasteiger partial charge in [0.25, 0.3) is 0 Å². The van der Waals surface area contributed by atoms with Gasteiger partial charge < -0.3 is 4.98 Å². The second kappa shape index (κ2) is 10.3. The lowest BCUT2D eigenvalue weighted by molar-refractivity contribution is 1.33. The summed E-state index contributed by atoms with van der Waals surface area (Å²) >= 11 is 7.06. The van der Waals surface area contributed by atoms with E-state index in [1.807, 2.05) is 60.7 Å². The van der Waals surface area contributed by atoms with Crippen LogP contribution in [0.25, 0.3) is 28.0 Å². The summed E-state index contributed by atoms with van der Waals surface area (Å²) < 4.78 is 2.08. The molecule has 5 aromatic rings. The number of nitrogens with zero attached hydrogens (tertiary/aromatic N) is 2. The Balaban J connectivity index is 1.51. The Morgan fingerprint density at radius 3 is 1.78 bits per heavy atom. The van der Waals surface area contributed by atoms with Crippen molar-refractivity contribution in [2.24, 2.45) is 9.98 Å². The van der Waals surface area contributed by atoms with Gasteiger partial charge in [0.2, 0.25) is 0 Å². The number of rotatable bonds is 5. The van der Waals surface area contributed by atoms with Crippen molar-refractivity contribution < 1.29 is 0 Å². The molecule has 5 heteroatoms. The summed E-state index contributed by atoms with van der Waals surface area (Å²) in [6, 6.07) is 39.3. The fourth-order valence-corrected chi connectivity index (χ4v) is 4.88. The summed E-state index contributed by atoms with van der Waals surface area (Å²) in [5, 5.41) is 0. The molecule has 1 aliphatic rings. The molecule has 0 aliphatic carbocycles. The zero-order valence-corrected chi connectivity index (χ0v) is 22.9. The van der Waals surface area contributed by atoms with Crippen LogP contribution < -0.4 is 0 Å². The molecular formula is C32H21Br2N3. The predicted molar refractivity (Wildman–Crippen MR) is 162 cm³/mol. The summed E-state index contributed by atoms with van der Waals surface area (Å²) in [6.45, 7) is 0. The maximum atomic E-state index is 5.14. The fraction of sp³-hybridized carbons (Fsp3) is 0. The minimum absolute atomic E-state index is 0.686. The minimum Gasteiger partial charge on any atom is -0.339 e. The first-order chi connectivity index (χ1) is 18.1. The third-order valence-electron chi connectivity index (χ3n) is 6.23. The van der Waals surface area contributed by atoms with Gasteiger partial charge in [-0.2, -0.15) is 0 Å². The smallest absolute Gasteiger partial charge is 0.162 e. The molecule has 0 unspecified atom stereocenters. The largest absolute Gasteiger partial charge is 0.339 e. The number of halogens is 2. The predicted octanol–water partition coefficient (Wildman–Crippen LogP) is 9.49. The van der Waals surface area contributed by atoms with E-state index in [4.69, 9.17) is 9.98 Å². The number of aliphatic imine (C=N–C) groups is 2. The van der Waals surface area contributed by atoms with Crippen LogP contribution >= 0.6 is 31.9 Å². The van der Waals surface area contributed by atoms with E-state index in [1.54, 1.807) is 0 Å². The highest BCUT2D eigenvalue weighted by atomic mass is 79.9. The highest BCUT2D eigenvalue weighted by molar-refractivity contribution is 9.10. The van der Waals surface area contributed by atoms with Gasteiger partial charge in [0.15, 0.2) is 5.84 Å². The number of hydrogen-bond acceptors (Lipinski definition) is 1. The topological polar surface area (TPSA) is 40.5 Å². The lowest BCUT2D eigenvalue weighted by Gasteiger charge is -2.04. The van der Waals surface area contributed by atoms with Crippen LogP contribution in [0.5, 0.6) is 0 Å². The van der Waals surface area contributed by atoms with E-state index < -0.39 is 0 Å². The van der Waals surface area contributed by atoms with Gasteiger partial charge in [-0.15, -0.1) is 0 Å². The normalized spacial score (nSPS) is 14.1. The molecule has 0 saturated heterocycles. The van der Waals surface area contributed by atoms with Gasteiger partial charge in [0, 0.05) is 31.3 Å². The van der Waals surface area contributed by atoms with Crippen molar-refractivity contribution >= 4 is 54.8 Å². The summed E-state index contributed by atoms with van der Waals surface area (Å²) in [4.78, 5) is 13.7. The molecule has 0 radical (unpaired) electrons. The lowest BCUT2D eigenvalue weighted by Crippen LogP contribution is -1.95. The number of nitrogens with one attached hydrogen (secondary N) is 1. The van der Waals surface area contributed by atoms with E-state index in [-0.39, 0.29) is 0 Å². The molecule has 2 heterocycles. The number of aromatic nitrogens is 1. The number of benzene rings is 4. The highest BCUT2D eigenvalue weighted by Crippen LogP contribution is 2.37. The average Bonchev–Trinajstić information content (AvgIpc) is 3.56. The third-order valence-corrected chi connectivity index (χ3v) is 7.29. The first-order valence-corrected chi connectivity index (χ1v) is 13.5. The second-order valence-electron chi connectivity index (χ2n) is 8.68. The fourth-order valence-electron chi connectivity index (χ4n) is 4.35. The Labute approximate surface area is 232 Å². The number of allylic oxidation sites excluding steroid dienone is 1. The highest BCUT2D eigenvalue weighted by Gasteiger charge is 2.21. The van der Waals surface area contributed by atoms with Crippen molar-refractivity contribution in [3.05, 3.63) is 141 Å². The van der Waals surface area contributed by atoms with Crippen LogP contribution in [0.4, 0.5) is 5.82 Å². The Kier molecular flexibility index (Phi) is 6.56. The van der Waals surface area contributed by atoms with Crippen LogP contribution in [0, 0.1) is 0 Å². The number of amidine groups is 1. The molecule has 37 heavy (non-hydrogen) atoms. The van der Waals surface area contributed by atoms with Gasteiger partial charge >= 0.3 is 0 Å². The Morgan fingerprint density at radius 2 is 1.16 bits per heavy atom. The van der Waals surface area contributed by atoms with E-state index in [9.17, 15) is 0 Å². The van der Waals surface area contributed by atoms with E-state index in [2.05, 4.69) is 97.5 Å². The summed E-state index contributed by atoms with van der Waals surface area (Å²) in [7, 11) is 0. The summed E-state index contributed by atoms with van der Waals surface area (Å²) in [6.07, 6.45) is 2.12. The van der Waals surface area contributed by atoms with Crippen LogP contribution in [0.3, 0.4) is 0 Å². The van der Waals surface area contributed by atoms with Crippen molar-refractivity contribution in [1.29, 1.82) is 0 Å². The molecular weight excluding hydrogens is 586 g/mol. The zero-order chi connectivity index (χ0) is 25.2. The van der Waals surface area contributed by atoms with Gasteiger partial charge in [-0.05, 0) is 53.1 Å². The molecule has 1 aliphatic heterocycles. The van der Waals surface area contributed by atoms with Gasteiger partial charge in [0.1, 0.15) is 5.82 Å². The zero-order valence-electron chi connectivity index (χ0n) is 19.7. The third kappa shape index (κ3) is 5.06. The van der Waals surface area contributed by atoms with Gasteiger partial charge in [-0.25, -0.2) is 9.98 Å². The average molecular weight is 607 g/mol. The Morgan fingerprint density at radius 1 is 0.595 bits per heavy atom. The number of hydrogen-bond donors (Lipinski definition) is 1. The first kappa shape index (κ1) is 23.6. The van der Waals surface area contributed by atoms with E-state index in [1.165, 1.54) is 0 Å². The van der Waals surface area contributed by atoms with E-state index in [0.717, 1.165) is 59.6 Å². The summed E-state index contributed by atoms with van der Waals surface area (Å²) in [5.41, 5.74) is 8.25. The van der Waals surface area contributed by atoms with Crippen LogP contribution in [0.1, 0.15) is 11.1 Å². The van der Waals surface area contributed by atoms with E-state index >= 15 is 0 Å². The summed E-state index contributed by atoms with van der Waals surface area (Å²) in [5.74, 6) is 1.47. The maximum absolute atomic E-state index is 5.14. The van der Waals surface area contributed by atoms with E-state index in [0.29, 0.717) is 5.84 Å². The van der Waals surface area contributed by atoms with Crippen molar-refractivity contribution in [3.8, 4) is 22.4 Å². The quantitative estimate of drug-likeness (QED) is 0.207. The van der Waals surface area contributed by atoms with Gasteiger partial charge in [-0.3, -0.25) is 0 Å². The van der Waals surface area contributed by atoms with Crippen molar-refractivity contribution in [2.75, 3.05) is 0 Å². The lowest BCUT2D eigenvalue weighted by atomic mass is 10.0. The molecule has 6 rings (SSSR count). The molecule has 0 fully saturated rings. The van der Waals surface area contributed by atoms with Crippen LogP contribution in [-0.4, -0.2) is 16.5 Å². The molecule has 0 amide bonds. The Hall–Kier alpha value is -3.80. The van der Waals surface area contributed by atoms with Crippen molar-refractivity contribution in [2.45, 2.75) is 0 Å². The number of aromatic amines is 1. The maximum Gasteiger partial charge on any atom is 0.162 e. The van der Waals surface area contributed by atoms with Crippen LogP contribution in [0.15, 0.2) is 140 Å². The molecule has 0 spiro atoms. The molecule has 178 valence electrons. The van der Waals surface area contributed by atoms with Crippen LogP contribution in [0.2, 0.25) is 0 Å². The monoisotopic (exact) mass is 605 g/mol.